The first-order chi connectivity index (χ1) is 6.41. The van der Waals surface area contributed by atoms with E-state index in [1.807, 2.05) is 13.8 Å². The molecule has 0 aromatic carbocycles. The third-order valence-corrected chi connectivity index (χ3v) is 1.00. The van der Waals surface area contributed by atoms with Crippen molar-refractivity contribution in [2.24, 2.45) is 0 Å². The van der Waals surface area contributed by atoms with E-state index >= 15 is 0 Å². The Morgan fingerprint density at radius 3 is 1.54 bits per heavy atom. The molecule has 0 aliphatic carbocycles. The zero-order valence-electron chi connectivity index (χ0n) is 8.28. The van der Waals surface area contributed by atoms with Crippen molar-refractivity contribution in [1.82, 2.24) is 0 Å². The minimum absolute atomic E-state index is 0.0511. The summed E-state index contributed by atoms with van der Waals surface area (Å²) in [6, 6.07) is 0. The van der Waals surface area contributed by atoms with Crippen molar-refractivity contribution in [2.45, 2.75) is 26.7 Å². The molecule has 0 atom stereocenters. The molecule has 80 valence electrons. The van der Waals surface area contributed by atoms with Crippen LogP contribution in [0.5, 0.6) is 0 Å². The van der Waals surface area contributed by atoms with Gasteiger partial charge in [0.1, 0.15) is 0 Å². The molecule has 0 fully saturated rings. The number of hydrogen-bond donors (Lipinski definition) is 0. The van der Waals surface area contributed by atoms with Crippen molar-refractivity contribution < 1.29 is 24.3 Å². The monoisotopic (exact) mass is 194 g/mol. The molecule has 0 heterocycles. The highest BCUT2D eigenvalue weighted by Crippen LogP contribution is 1.86. The summed E-state index contributed by atoms with van der Waals surface area (Å²) >= 11 is 0. The van der Waals surface area contributed by atoms with Crippen LogP contribution in [-0.4, -0.2) is 26.8 Å². The summed E-state index contributed by atoms with van der Waals surface area (Å²) in [6.07, 6.45) is 1.83. The second-order valence-corrected chi connectivity index (χ2v) is 2.32. The van der Waals surface area contributed by atoms with Crippen LogP contribution < -0.4 is 0 Å². The Balaban J connectivity index is 2.76. The zero-order chi connectivity index (χ0) is 9.78. The van der Waals surface area contributed by atoms with Gasteiger partial charge in [0.05, 0.1) is 13.2 Å². The van der Waals surface area contributed by atoms with Gasteiger partial charge in [0.15, 0.2) is 13.6 Å². The molecule has 0 spiro atoms. The first-order valence-corrected chi connectivity index (χ1v) is 4.48. The molecule has 0 aliphatic rings. The molecule has 5 heteroatoms. The van der Waals surface area contributed by atoms with E-state index in [2.05, 4.69) is 19.6 Å². The highest BCUT2D eigenvalue weighted by atomic mass is 17.2. The number of ether oxygens (including phenoxy) is 1. The van der Waals surface area contributed by atoms with E-state index in [-0.39, 0.29) is 13.6 Å². The molecule has 0 saturated heterocycles. The van der Waals surface area contributed by atoms with Crippen molar-refractivity contribution in [3.63, 3.8) is 0 Å². The predicted molar refractivity (Wildman–Crippen MR) is 45.5 cm³/mol. The molecule has 13 heavy (non-hydrogen) atoms. The standard InChI is InChI=1S/C8H18O5/c1-3-5-10-12-7-9-8-13-11-6-4-2/h3-8H2,1-2H3. The van der Waals surface area contributed by atoms with Crippen LogP contribution >= 0.6 is 0 Å². The van der Waals surface area contributed by atoms with Crippen molar-refractivity contribution in [3.05, 3.63) is 0 Å². The lowest BCUT2D eigenvalue weighted by atomic mass is 10.5. The van der Waals surface area contributed by atoms with Gasteiger partial charge in [-0.15, -0.1) is 0 Å². The summed E-state index contributed by atoms with van der Waals surface area (Å²) in [5, 5.41) is 0. The fourth-order valence-electron chi connectivity index (χ4n) is 0.455. The molecule has 0 aromatic rings. The van der Waals surface area contributed by atoms with Gasteiger partial charge < -0.3 is 4.74 Å². The smallest absolute Gasteiger partial charge is 0.183 e. The predicted octanol–water partition coefficient (Wildman–Crippen LogP) is 1.63. The topological polar surface area (TPSA) is 46.2 Å². The highest BCUT2D eigenvalue weighted by molar-refractivity contribution is 4.15. The van der Waals surface area contributed by atoms with Gasteiger partial charge in [-0.2, -0.15) is 0 Å². The van der Waals surface area contributed by atoms with Crippen LogP contribution in [0.4, 0.5) is 0 Å². The summed E-state index contributed by atoms with van der Waals surface area (Å²) in [6.45, 7) is 5.22. The number of hydrogen-bond acceptors (Lipinski definition) is 5. The Hall–Kier alpha value is -0.200. The van der Waals surface area contributed by atoms with Gasteiger partial charge in [-0.3, -0.25) is 0 Å². The van der Waals surface area contributed by atoms with Crippen LogP contribution in [0.1, 0.15) is 26.7 Å². The minimum atomic E-state index is 0.0511. The molecular formula is C8H18O5. The van der Waals surface area contributed by atoms with Gasteiger partial charge in [-0.1, -0.05) is 13.8 Å². The summed E-state index contributed by atoms with van der Waals surface area (Å²) in [7, 11) is 0. The molecule has 0 radical (unpaired) electrons. The average Bonchev–Trinajstić information content (AvgIpc) is 2.16. The van der Waals surface area contributed by atoms with Gasteiger partial charge in [-0.05, 0) is 12.8 Å². The fraction of sp³-hybridized carbons (Fsp3) is 1.00. The van der Waals surface area contributed by atoms with E-state index in [9.17, 15) is 0 Å². The SMILES string of the molecule is CCCOOCOCOOCCC. The van der Waals surface area contributed by atoms with E-state index in [0.717, 1.165) is 12.8 Å². The maximum atomic E-state index is 4.83. The van der Waals surface area contributed by atoms with Crippen LogP contribution in [0.25, 0.3) is 0 Å². The van der Waals surface area contributed by atoms with Crippen LogP contribution in [-0.2, 0) is 24.3 Å². The Labute approximate surface area is 78.7 Å². The molecule has 0 aliphatic heterocycles. The molecule has 0 unspecified atom stereocenters. The summed E-state index contributed by atoms with van der Waals surface area (Å²) in [4.78, 5) is 18.6. The van der Waals surface area contributed by atoms with E-state index in [1.165, 1.54) is 0 Å². The van der Waals surface area contributed by atoms with Crippen molar-refractivity contribution in [3.8, 4) is 0 Å². The quantitative estimate of drug-likeness (QED) is 0.229. The lowest BCUT2D eigenvalue weighted by Gasteiger charge is -2.04. The highest BCUT2D eigenvalue weighted by Gasteiger charge is 1.89. The molecule has 0 N–H and O–H groups in total. The van der Waals surface area contributed by atoms with Crippen molar-refractivity contribution >= 4 is 0 Å². The molecule has 0 bridgehead atoms. The van der Waals surface area contributed by atoms with E-state index in [0.29, 0.717) is 13.2 Å². The molecular weight excluding hydrogens is 176 g/mol. The van der Waals surface area contributed by atoms with Gasteiger partial charge >= 0.3 is 0 Å². The normalized spacial score (nSPS) is 10.6. The lowest BCUT2D eigenvalue weighted by molar-refractivity contribution is -0.383. The third-order valence-electron chi connectivity index (χ3n) is 1.00. The summed E-state index contributed by atoms with van der Waals surface area (Å²) < 4.78 is 4.83. The van der Waals surface area contributed by atoms with Gasteiger partial charge in [0.25, 0.3) is 0 Å². The molecule has 0 rings (SSSR count). The Morgan fingerprint density at radius 2 is 1.15 bits per heavy atom. The Kier molecular flexibility index (Phi) is 11.6. The fourth-order valence-corrected chi connectivity index (χ4v) is 0.455. The zero-order valence-corrected chi connectivity index (χ0v) is 8.28. The van der Waals surface area contributed by atoms with E-state index in [1.54, 1.807) is 0 Å². The molecule has 5 nitrogen and oxygen atoms in total. The van der Waals surface area contributed by atoms with Gasteiger partial charge in [-0.25, -0.2) is 19.6 Å². The average molecular weight is 194 g/mol. The molecule has 0 saturated carbocycles. The first-order valence-electron chi connectivity index (χ1n) is 4.48. The Bertz CT molecular complexity index is 78.6. The molecule has 0 amide bonds. The summed E-state index contributed by atoms with van der Waals surface area (Å²) in [5.41, 5.74) is 0. The van der Waals surface area contributed by atoms with Gasteiger partial charge in [0.2, 0.25) is 0 Å². The van der Waals surface area contributed by atoms with Crippen LogP contribution in [0.2, 0.25) is 0 Å². The number of rotatable bonds is 10. The minimum Gasteiger partial charge on any atom is -0.323 e. The van der Waals surface area contributed by atoms with Crippen LogP contribution in [0.3, 0.4) is 0 Å². The summed E-state index contributed by atoms with van der Waals surface area (Å²) in [5.74, 6) is 0. The van der Waals surface area contributed by atoms with E-state index < -0.39 is 0 Å². The lowest BCUT2D eigenvalue weighted by Crippen LogP contribution is -2.06. The van der Waals surface area contributed by atoms with Crippen LogP contribution in [0.15, 0.2) is 0 Å². The second kappa shape index (κ2) is 11.8. The Morgan fingerprint density at radius 1 is 0.692 bits per heavy atom. The van der Waals surface area contributed by atoms with Crippen molar-refractivity contribution in [1.29, 1.82) is 0 Å². The van der Waals surface area contributed by atoms with Gasteiger partial charge in [0, 0.05) is 0 Å². The second-order valence-electron chi connectivity index (χ2n) is 2.32. The van der Waals surface area contributed by atoms with Crippen molar-refractivity contribution in [2.75, 3.05) is 26.8 Å². The van der Waals surface area contributed by atoms with E-state index in [4.69, 9.17) is 4.74 Å². The first kappa shape index (κ1) is 12.8. The largest absolute Gasteiger partial charge is 0.323 e. The maximum absolute atomic E-state index is 4.83. The maximum Gasteiger partial charge on any atom is 0.183 e. The third kappa shape index (κ3) is 11.8. The molecule has 0 aromatic heterocycles. The van der Waals surface area contributed by atoms with Crippen LogP contribution in [0, 0.1) is 0 Å².